The van der Waals surface area contributed by atoms with Crippen molar-refractivity contribution in [2.24, 2.45) is 5.10 Å². The van der Waals surface area contributed by atoms with E-state index in [9.17, 15) is 27.5 Å². The highest BCUT2D eigenvalue weighted by atomic mass is 19.4. The maximum Gasteiger partial charge on any atom is 0.435 e. The molecular formula is C27H24F4N4O4. The highest BCUT2D eigenvalue weighted by Gasteiger charge is 2.46. The minimum absolute atomic E-state index is 0.147. The van der Waals surface area contributed by atoms with Gasteiger partial charge in [0, 0.05) is 37.1 Å². The van der Waals surface area contributed by atoms with E-state index < -0.39 is 30.3 Å². The second-order valence-corrected chi connectivity index (χ2v) is 9.23. The van der Waals surface area contributed by atoms with Crippen LogP contribution in [-0.2, 0) is 4.79 Å². The fourth-order valence-electron chi connectivity index (χ4n) is 4.74. The second-order valence-electron chi connectivity index (χ2n) is 9.23. The molecule has 0 unspecified atom stereocenters. The van der Waals surface area contributed by atoms with Gasteiger partial charge in [0.25, 0.3) is 0 Å². The molecule has 0 radical (unpaired) electrons. The first-order valence-electron chi connectivity index (χ1n) is 12.2. The summed E-state index contributed by atoms with van der Waals surface area (Å²) in [6.45, 7) is 4.55. The summed E-state index contributed by atoms with van der Waals surface area (Å²) in [7, 11) is 0. The summed E-state index contributed by atoms with van der Waals surface area (Å²) in [5.74, 6) is -0.699. The zero-order chi connectivity index (χ0) is 27.7. The Morgan fingerprint density at radius 1 is 1.15 bits per heavy atom. The summed E-state index contributed by atoms with van der Waals surface area (Å²) in [4.78, 5) is 17.3. The number of halogens is 4. The highest BCUT2D eigenvalue weighted by Crippen LogP contribution is 2.36. The summed E-state index contributed by atoms with van der Waals surface area (Å²) >= 11 is 0. The van der Waals surface area contributed by atoms with Gasteiger partial charge in [-0.25, -0.2) is 9.37 Å². The number of carbonyl (C=O) groups is 1. The molecule has 2 aliphatic heterocycles. The van der Waals surface area contributed by atoms with E-state index in [-0.39, 0.29) is 23.2 Å². The Balaban J connectivity index is 1.23. The number of carboxylic acids is 1. The van der Waals surface area contributed by atoms with Gasteiger partial charge in [0.05, 0.1) is 30.0 Å². The van der Waals surface area contributed by atoms with Gasteiger partial charge in [0.1, 0.15) is 23.9 Å². The smallest absolute Gasteiger partial charge is 0.435 e. The number of anilines is 2. The summed E-state index contributed by atoms with van der Waals surface area (Å²) in [5, 5.41) is 13.8. The average molecular weight is 545 g/mol. The Kier molecular flexibility index (Phi) is 7.02. The SMILES string of the molecule is C=C1C(C(F)(F)F)=NN(c2ccc(OC3CCN(c4cc(-c5ncco5)ccc4F)CC3)cc2)[C@H]1CC(=O)O. The second kappa shape index (κ2) is 10.4. The van der Waals surface area contributed by atoms with Gasteiger partial charge in [-0.2, -0.15) is 18.3 Å². The molecule has 2 aliphatic rings. The molecule has 3 heterocycles. The van der Waals surface area contributed by atoms with Crippen molar-refractivity contribution < 1.29 is 36.6 Å². The van der Waals surface area contributed by atoms with Crippen LogP contribution in [0.1, 0.15) is 19.3 Å². The fraction of sp³-hybridized carbons (Fsp3) is 0.296. The van der Waals surface area contributed by atoms with Crippen molar-refractivity contribution in [3.8, 4) is 17.2 Å². The fourth-order valence-corrected chi connectivity index (χ4v) is 4.74. The van der Waals surface area contributed by atoms with Crippen LogP contribution in [0.15, 0.2) is 76.6 Å². The molecule has 0 amide bonds. The molecule has 2 aromatic carbocycles. The van der Waals surface area contributed by atoms with E-state index in [4.69, 9.17) is 9.15 Å². The van der Waals surface area contributed by atoms with Gasteiger partial charge in [-0.05, 0) is 42.5 Å². The van der Waals surface area contributed by atoms with Gasteiger partial charge < -0.3 is 19.2 Å². The lowest BCUT2D eigenvalue weighted by Crippen LogP contribution is -2.38. The highest BCUT2D eigenvalue weighted by molar-refractivity contribution is 6.08. The van der Waals surface area contributed by atoms with Crippen LogP contribution in [0, 0.1) is 5.82 Å². The Labute approximate surface area is 220 Å². The predicted octanol–water partition coefficient (Wildman–Crippen LogP) is 5.67. The van der Waals surface area contributed by atoms with Gasteiger partial charge in [-0.1, -0.05) is 6.58 Å². The Bertz CT molecular complexity index is 1380. The van der Waals surface area contributed by atoms with Crippen molar-refractivity contribution >= 4 is 23.1 Å². The van der Waals surface area contributed by atoms with Crippen molar-refractivity contribution in [1.82, 2.24) is 4.98 Å². The van der Waals surface area contributed by atoms with Crippen molar-refractivity contribution in [2.75, 3.05) is 23.0 Å². The minimum atomic E-state index is -4.75. The van der Waals surface area contributed by atoms with Crippen LogP contribution in [0.5, 0.6) is 5.75 Å². The first-order valence-corrected chi connectivity index (χ1v) is 12.2. The molecule has 0 bridgehead atoms. The van der Waals surface area contributed by atoms with Crippen molar-refractivity contribution in [1.29, 1.82) is 0 Å². The number of rotatable bonds is 7. The minimum Gasteiger partial charge on any atom is -0.490 e. The van der Waals surface area contributed by atoms with Crippen LogP contribution in [0.2, 0.25) is 0 Å². The third kappa shape index (κ3) is 5.59. The molecule has 1 atom stereocenters. The Morgan fingerprint density at radius 2 is 1.87 bits per heavy atom. The van der Waals surface area contributed by atoms with Gasteiger partial charge in [0.2, 0.25) is 5.89 Å². The number of alkyl halides is 3. The predicted molar refractivity (Wildman–Crippen MR) is 135 cm³/mol. The standard InChI is InChI=1S/C27H24F4N4O4/c1-16-22(15-24(36)37)35(33-25(16)27(29,30)31)18-3-5-19(6-4-18)39-20-8-11-34(12-9-20)23-14-17(2-7-21(23)28)26-32-10-13-38-26/h2-7,10,13-14,20,22H,1,8-9,11-12,15H2,(H,36,37)/t22-/m0/s1. The van der Waals surface area contributed by atoms with Gasteiger partial charge in [-0.3, -0.25) is 9.80 Å². The van der Waals surface area contributed by atoms with Crippen LogP contribution in [0.3, 0.4) is 0 Å². The van der Waals surface area contributed by atoms with E-state index in [1.807, 2.05) is 4.90 Å². The molecule has 8 nitrogen and oxygen atoms in total. The lowest BCUT2D eigenvalue weighted by Gasteiger charge is -2.34. The third-order valence-corrected chi connectivity index (χ3v) is 6.66. The number of hydrogen-bond acceptors (Lipinski definition) is 7. The number of benzene rings is 2. The summed E-state index contributed by atoms with van der Waals surface area (Å²) in [6, 6.07) is 9.80. The van der Waals surface area contributed by atoms with Crippen LogP contribution < -0.4 is 14.6 Å². The molecule has 0 spiro atoms. The van der Waals surface area contributed by atoms with E-state index in [0.717, 1.165) is 5.01 Å². The molecule has 1 N–H and O–H groups in total. The lowest BCUT2D eigenvalue weighted by molar-refractivity contribution is -0.137. The van der Waals surface area contributed by atoms with E-state index >= 15 is 0 Å². The monoisotopic (exact) mass is 544 g/mol. The average Bonchev–Trinajstić information content (AvgIpc) is 3.54. The number of aliphatic carboxylic acids is 1. The number of hydrogen-bond donors (Lipinski definition) is 1. The number of hydrazone groups is 1. The molecule has 0 aliphatic carbocycles. The van der Waals surface area contributed by atoms with Crippen LogP contribution in [-0.4, -0.2) is 53.2 Å². The molecule has 204 valence electrons. The summed E-state index contributed by atoms with van der Waals surface area (Å²) in [5.41, 5.74) is -0.169. The Morgan fingerprint density at radius 3 is 2.49 bits per heavy atom. The van der Waals surface area contributed by atoms with E-state index in [1.54, 1.807) is 24.3 Å². The zero-order valence-corrected chi connectivity index (χ0v) is 20.6. The summed E-state index contributed by atoms with van der Waals surface area (Å²) < 4.78 is 66.0. The molecule has 1 saturated heterocycles. The maximum atomic E-state index is 14.6. The molecule has 5 rings (SSSR count). The van der Waals surface area contributed by atoms with Crippen molar-refractivity contribution in [2.45, 2.75) is 37.6 Å². The number of carboxylic acid groups (broad SMARTS) is 1. The number of ether oxygens (including phenoxy) is 1. The molecule has 3 aromatic rings. The van der Waals surface area contributed by atoms with Gasteiger partial charge >= 0.3 is 12.1 Å². The maximum absolute atomic E-state index is 14.6. The van der Waals surface area contributed by atoms with Crippen molar-refractivity contribution in [3.05, 3.63) is 72.9 Å². The van der Waals surface area contributed by atoms with Gasteiger partial charge in [0.15, 0.2) is 5.71 Å². The Hall–Kier alpha value is -4.35. The first kappa shape index (κ1) is 26.3. The zero-order valence-electron chi connectivity index (χ0n) is 20.6. The van der Waals surface area contributed by atoms with E-state index in [0.29, 0.717) is 48.8 Å². The lowest BCUT2D eigenvalue weighted by atomic mass is 10.0. The third-order valence-electron chi connectivity index (χ3n) is 6.66. The van der Waals surface area contributed by atoms with Crippen LogP contribution in [0.4, 0.5) is 28.9 Å². The quantitative estimate of drug-likeness (QED) is 0.384. The van der Waals surface area contributed by atoms with Gasteiger partial charge in [-0.15, -0.1) is 0 Å². The number of aromatic nitrogens is 1. The molecule has 0 saturated carbocycles. The van der Waals surface area contributed by atoms with E-state index in [2.05, 4.69) is 16.7 Å². The topological polar surface area (TPSA) is 91.4 Å². The molecule has 12 heteroatoms. The normalized spacial score (nSPS) is 18.4. The number of nitrogens with zero attached hydrogens (tertiary/aromatic N) is 4. The van der Waals surface area contributed by atoms with Crippen LogP contribution in [0.25, 0.3) is 11.5 Å². The molecule has 39 heavy (non-hydrogen) atoms. The molecular weight excluding hydrogens is 520 g/mol. The molecule has 1 fully saturated rings. The van der Waals surface area contributed by atoms with Crippen molar-refractivity contribution in [3.63, 3.8) is 0 Å². The van der Waals surface area contributed by atoms with E-state index in [1.165, 1.54) is 30.7 Å². The summed E-state index contributed by atoms with van der Waals surface area (Å²) in [6.07, 6.45) is -1.26. The number of oxazole rings is 1. The number of piperidine rings is 1. The molecule has 1 aromatic heterocycles. The van der Waals surface area contributed by atoms with Crippen LogP contribution >= 0.6 is 0 Å². The first-order chi connectivity index (χ1) is 18.6. The largest absolute Gasteiger partial charge is 0.490 e.